The van der Waals surface area contributed by atoms with Crippen molar-refractivity contribution in [2.75, 3.05) is 6.54 Å². The van der Waals surface area contributed by atoms with Crippen molar-refractivity contribution in [2.24, 2.45) is 16.1 Å². The van der Waals surface area contributed by atoms with E-state index in [0.717, 1.165) is 18.8 Å². The molecule has 1 aromatic rings. The molecule has 2 heteroatoms. The summed E-state index contributed by atoms with van der Waals surface area (Å²) >= 11 is 0. The third kappa shape index (κ3) is 4.59. The molecule has 0 aliphatic carbocycles. The number of nitrogens with zero attached hydrogens (tertiary/aromatic N) is 1. The van der Waals surface area contributed by atoms with Crippen LogP contribution in [0.15, 0.2) is 35.3 Å². The summed E-state index contributed by atoms with van der Waals surface area (Å²) in [7, 11) is 0. The van der Waals surface area contributed by atoms with Gasteiger partial charge in [0.25, 0.3) is 0 Å². The Morgan fingerprint density at radius 1 is 1.24 bits per heavy atom. The average Bonchev–Trinajstić information content (AvgIpc) is 2.28. The van der Waals surface area contributed by atoms with Gasteiger partial charge in [0.15, 0.2) is 0 Å². The Kier molecular flexibility index (Phi) is 4.73. The van der Waals surface area contributed by atoms with Gasteiger partial charge >= 0.3 is 0 Å². The first kappa shape index (κ1) is 13.8. The quantitative estimate of drug-likeness (QED) is 0.625. The standard InChI is InChI=1S/C15H24N2/c1-12(13-8-6-5-7-9-13)10-11-17-14(16)15(2,3)4/h5-9,12H,10-11H2,1-4H3,(H2,16,17). The predicted octanol–water partition coefficient (Wildman–Crippen LogP) is 3.58. The first-order valence-corrected chi connectivity index (χ1v) is 6.26. The van der Waals surface area contributed by atoms with Crippen molar-refractivity contribution in [3.63, 3.8) is 0 Å². The molecule has 0 saturated heterocycles. The predicted molar refractivity (Wildman–Crippen MR) is 75.4 cm³/mol. The van der Waals surface area contributed by atoms with Crippen LogP contribution in [-0.4, -0.2) is 12.4 Å². The van der Waals surface area contributed by atoms with Gasteiger partial charge in [-0.15, -0.1) is 0 Å². The maximum atomic E-state index is 5.93. The molecule has 0 saturated carbocycles. The monoisotopic (exact) mass is 232 g/mol. The Bertz CT molecular complexity index is 360. The molecule has 0 amide bonds. The van der Waals surface area contributed by atoms with Crippen LogP contribution in [0.5, 0.6) is 0 Å². The highest BCUT2D eigenvalue weighted by atomic mass is 14.9. The molecule has 2 nitrogen and oxygen atoms in total. The minimum Gasteiger partial charge on any atom is -0.387 e. The third-order valence-electron chi connectivity index (χ3n) is 2.98. The Morgan fingerprint density at radius 2 is 1.82 bits per heavy atom. The highest BCUT2D eigenvalue weighted by Crippen LogP contribution is 2.19. The highest BCUT2D eigenvalue weighted by Gasteiger charge is 2.15. The van der Waals surface area contributed by atoms with Gasteiger partial charge < -0.3 is 5.73 Å². The van der Waals surface area contributed by atoms with Gasteiger partial charge in [-0.25, -0.2) is 0 Å². The smallest absolute Gasteiger partial charge is 0.0991 e. The topological polar surface area (TPSA) is 38.4 Å². The van der Waals surface area contributed by atoms with E-state index in [1.165, 1.54) is 5.56 Å². The van der Waals surface area contributed by atoms with Crippen molar-refractivity contribution >= 4 is 5.84 Å². The largest absolute Gasteiger partial charge is 0.387 e. The number of hydrogen-bond acceptors (Lipinski definition) is 1. The van der Waals surface area contributed by atoms with Gasteiger partial charge in [0.05, 0.1) is 5.84 Å². The fourth-order valence-electron chi connectivity index (χ4n) is 1.56. The molecule has 0 heterocycles. The second-order valence-electron chi connectivity index (χ2n) is 5.62. The lowest BCUT2D eigenvalue weighted by Crippen LogP contribution is -2.29. The molecule has 0 aliphatic rings. The Labute approximate surface area is 105 Å². The molecule has 1 aromatic carbocycles. The van der Waals surface area contributed by atoms with Crippen molar-refractivity contribution in [2.45, 2.75) is 40.0 Å². The zero-order valence-electron chi connectivity index (χ0n) is 11.4. The van der Waals surface area contributed by atoms with Crippen LogP contribution >= 0.6 is 0 Å². The molecule has 0 aliphatic heterocycles. The summed E-state index contributed by atoms with van der Waals surface area (Å²) in [6, 6.07) is 10.5. The van der Waals surface area contributed by atoms with Crippen LogP contribution in [0.3, 0.4) is 0 Å². The zero-order valence-corrected chi connectivity index (χ0v) is 11.4. The van der Waals surface area contributed by atoms with Gasteiger partial charge in [-0.05, 0) is 17.9 Å². The Morgan fingerprint density at radius 3 is 2.35 bits per heavy atom. The maximum absolute atomic E-state index is 5.93. The number of benzene rings is 1. The lowest BCUT2D eigenvalue weighted by Gasteiger charge is -2.18. The molecular formula is C15H24N2. The molecule has 0 aromatic heterocycles. The highest BCUT2D eigenvalue weighted by molar-refractivity contribution is 5.85. The van der Waals surface area contributed by atoms with Crippen molar-refractivity contribution in [3.8, 4) is 0 Å². The van der Waals surface area contributed by atoms with Gasteiger partial charge in [-0.1, -0.05) is 58.0 Å². The number of hydrogen-bond donors (Lipinski definition) is 1. The molecular weight excluding hydrogens is 208 g/mol. The normalized spacial score (nSPS) is 14.7. The van der Waals surface area contributed by atoms with Gasteiger partial charge in [0.2, 0.25) is 0 Å². The van der Waals surface area contributed by atoms with Crippen LogP contribution in [0.25, 0.3) is 0 Å². The molecule has 1 unspecified atom stereocenters. The van der Waals surface area contributed by atoms with Crippen LogP contribution in [0, 0.1) is 5.41 Å². The van der Waals surface area contributed by atoms with E-state index in [-0.39, 0.29) is 5.41 Å². The van der Waals surface area contributed by atoms with Crippen molar-refractivity contribution in [1.29, 1.82) is 0 Å². The van der Waals surface area contributed by atoms with E-state index in [9.17, 15) is 0 Å². The molecule has 1 atom stereocenters. The Balaban J connectivity index is 2.47. The summed E-state index contributed by atoms with van der Waals surface area (Å²) in [5.41, 5.74) is 7.28. The summed E-state index contributed by atoms with van der Waals surface area (Å²) in [4.78, 5) is 4.46. The summed E-state index contributed by atoms with van der Waals surface area (Å²) in [6.07, 6.45) is 1.04. The average molecular weight is 232 g/mol. The van der Waals surface area contributed by atoms with Crippen molar-refractivity contribution < 1.29 is 0 Å². The van der Waals surface area contributed by atoms with E-state index in [2.05, 4.69) is 57.0 Å². The summed E-state index contributed by atoms with van der Waals surface area (Å²) < 4.78 is 0. The molecule has 2 N–H and O–H groups in total. The maximum Gasteiger partial charge on any atom is 0.0991 e. The van der Waals surface area contributed by atoms with Gasteiger partial charge in [0, 0.05) is 12.0 Å². The number of aliphatic imine (C=N–C) groups is 1. The van der Waals surface area contributed by atoms with Gasteiger partial charge in [0.1, 0.15) is 0 Å². The van der Waals surface area contributed by atoms with Crippen LogP contribution in [0.4, 0.5) is 0 Å². The summed E-state index contributed by atoms with van der Waals surface area (Å²) in [5, 5.41) is 0. The van der Waals surface area contributed by atoms with Crippen LogP contribution in [-0.2, 0) is 0 Å². The van der Waals surface area contributed by atoms with E-state index < -0.39 is 0 Å². The van der Waals surface area contributed by atoms with E-state index in [4.69, 9.17) is 5.73 Å². The van der Waals surface area contributed by atoms with Gasteiger partial charge in [-0.2, -0.15) is 0 Å². The SMILES string of the molecule is CC(CCN=C(N)C(C)(C)C)c1ccccc1. The molecule has 17 heavy (non-hydrogen) atoms. The second kappa shape index (κ2) is 5.85. The van der Waals surface area contributed by atoms with Gasteiger partial charge in [-0.3, -0.25) is 4.99 Å². The van der Waals surface area contributed by atoms with E-state index in [1.807, 2.05) is 6.07 Å². The second-order valence-corrected chi connectivity index (χ2v) is 5.62. The third-order valence-corrected chi connectivity index (χ3v) is 2.98. The molecule has 94 valence electrons. The minimum atomic E-state index is -0.0179. The van der Waals surface area contributed by atoms with E-state index in [0.29, 0.717) is 5.92 Å². The Hall–Kier alpha value is -1.31. The summed E-state index contributed by atoms with van der Waals surface area (Å²) in [6.45, 7) is 9.31. The number of amidine groups is 1. The van der Waals surface area contributed by atoms with E-state index in [1.54, 1.807) is 0 Å². The summed E-state index contributed by atoms with van der Waals surface area (Å²) in [5.74, 6) is 1.28. The van der Waals surface area contributed by atoms with E-state index >= 15 is 0 Å². The fraction of sp³-hybridized carbons (Fsp3) is 0.533. The molecule has 0 fully saturated rings. The van der Waals surface area contributed by atoms with Crippen molar-refractivity contribution in [3.05, 3.63) is 35.9 Å². The van der Waals surface area contributed by atoms with Crippen LogP contribution in [0.1, 0.15) is 45.6 Å². The number of rotatable bonds is 4. The lowest BCUT2D eigenvalue weighted by atomic mass is 9.95. The molecule has 0 radical (unpaired) electrons. The number of nitrogens with two attached hydrogens (primary N) is 1. The molecule has 1 rings (SSSR count). The first-order valence-electron chi connectivity index (χ1n) is 6.26. The molecule has 0 spiro atoms. The van der Waals surface area contributed by atoms with Crippen LogP contribution in [0.2, 0.25) is 0 Å². The lowest BCUT2D eigenvalue weighted by molar-refractivity contribution is 0.577. The van der Waals surface area contributed by atoms with Crippen LogP contribution < -0.4 is 5.73 Å². The van der Waals surface area contributed by atoms with Crippen molar-refractivity contribution in [1.82, 2.24) is 0 Å². The molecule has 0 bridgehead atoms. The fourth-order valence-corrected chi connectivity index (χ4v) is 1.56. The zero-order chi connectivity index (χ0) is 12.9. The minimum absolute atomic E-state index is 0.0179. The first-order chi connectivity index (χ1) is 7.91.